The average molecular weight is 773 g/mol. The zero-order chi connectivity index (χ0) is 37.7. The number of esters is 1. The first-order valence-corrected chi connectivity index (χ1v) is 21.3. The Balaban J connectivity index is 0.934. The number of aliphatic hydroxyl groups is 2. The van der Waals surface area contributed by atoms with Crippen molar-refractivity contribution in [2.24, 2.45) is 11.8 Å². The Morgan fingerprint density at radius 1 is 0.673 bits per heavy atom. The minimum Gasteiger partial charge on any atom is -0.459 e. The van der Waals surface area contributed by atoms with E-state index in [1.807, 2.05) is 6.92 Å². The molecule has 11 aliphatic heterocycles. The summed E-state index contributed by atoms with van der Waals surface area (Å²) in [7, 11) is 0. The van der Waals surface area contributed by atoms with Crippen molar-refractivity contribution >= 4 is 5.97 Å². The maximum absolute atomic E-state index is 14.0. The van der Waals surface area contributed by atoms with Crippen molar-refractivity contribution < 1.29 is 62.4 Å². The van der Waals surface area contributed by atoms with E-state index in [9.17, 15) is 15.0 Å². The van der Waals surface area contributed by atoms with Crippen LogP contribution in [0.1, 0.15) is 97.3 Å². The number of hydrogen-bond acceptors (Lipinski definition) is 13. The van der Waals surface area contributed by atoms with Gasteiger partial charge in [-0.2, -0.15) is 0 Å². The number of carbonyl (C=O) groups excluding carboxylic acids is 1. The van der Waals surface area contributed by atoms with Crippen molar-refractivity contribution in [2.75, 3.05) is 6.61 Å². The predicted molar refractivity (Wildman–Crippen MR) is 193 cm³/mol. The Hall–Kier alpha value is -1.49. The summed E-state index contributed by atoms with van der Waals surface area (Å²) in [6.07, 6.45) is 2.38. The van der Waals surface area contributed by atoms with Gasteiger partial charge in [-0.3, -0.25) is 4.79 Å². The first-order valence-electron chi connectivity index (χ1n) is 21.3. The van der Waals surface area contributed by atoms with Gasteiger partial charge in [0, 0.05) is 38.2 Å². The molecule has 5 unspecified atom stereocenters. The molecule has 0 amide bonds. The lowest BCUT2D eigenvalue weighted by Crippen LogP contribution is -2.62. The minimum atomic E-state index is -0.808. The second-order valence-electron chi connectivity index (χ2n) is 18.5. The van der Waals surface area contributed by atoms with Crippen molar-refractivity contribution in [3.05, 3.63) is 24.3 Å². The molecule has 0 aromatic rings. The van der Waals surface area contributed by atoms with Gasteiger partial charge in [-0.25, -0.2) is 0 Å². The van der Waals surface area contributed by atoms with Gasteiger partial charge in [0.25, 0.3) is 0 Å². The van der Waals surface area contributed by atoms with E-state index in [2.05, 4.69) is 20.1 Å². The van der Waals surface area contributed by atoms with Crippen molar-refractivity contribution in [2.45, 2.75) is 213 Å². The standard InChI is InChI=1S/C42H60O13/c1-19-13-23-5-7-27-20(2)14-25(46-27)9-11-42-18-33-38(54-42)39-40(52-33)41(55-42)37-29(51-39)8-6-24(48-37)15-34(45)53-36-22(4)35-31(16-26(44)28(50-35)10-12-43)49-32(36)17-30(47-23)21(19)3/h19,22-33,35-41,43-44H,2-3,5-18H2,1,4H3/t19-,22+,23+,24-,25+,26-,27?,28-,29+,30?,31?,32+,33-,35?,36?,37+,38+,39+,40-,41+,42+/m1/s1. The van der Waals surface area contributed by atoms with E-state index >= 15 is 0 Å². The van der Waals surface area contributed by atoms with Gasteiger partial charge in [0.2, 0.25) is 0 Å². The molecule has 12 bridgehead atoms. The quantitative estimate of drug-likeness (QED) is 0.312. The summed E-state index contributed by atoms with van der Waals surface area (Å²) >= 11 is 0. The molecule has 11 heterocycles. The third-order valence-corrected chi connectivity index (χ3v) is 14.8. The molecule has 0 radical (unpaired) electrons. The van der Waals surface area contributed by atoms with Crippen LogP contribution in [0.3, 0.4) is 0 Å². The molecule has 13 nitrogen and oxygen atoms in total. The van der Waals surface area contributed by atoms with E-state index in [1.165, 1.54) is 0 Å². The van der Waals surface area contributed by atoms with Crippen molar-refractivity contribution in [3.63, 3.8) is 0 Å². The molecule has 11 fully saturated rings. The van der Waals surface area contributed by atoms with Gasteiger partial charge >= 0.3 is 5.97 Å². The molecule has 55 heavy (non-hydrogen) atoms. The molecule has 21 atom stereocenters. The van der Waals surface area contributed by atoms with Gasteiger partial charge in [-0.15, -0.1) is 0 Å². The number of rotatable bonds is 2. The Kier molecular flexibility index (Phi) is 10.1. The molecule has 0 aliphatic carbocycles. The summed E-state index contributed by atoms with van der Waals surface area (Å²) in [6, 6.07) is 0. The van der Waals surface area contributed by atoms with Crippen LogP contribution in [0.15, 0.2) is 24.3 Å². The third-order valence-electron chi connectivity index (χ3n) is 14.8. The Bertz CT molecular complexity index is 1490. The fourth-order valence-corrected chi connectivity index (χ4v) is 11.9. The van der Waals surface area contributed by atoms with Crippen LogP contribution in [-0.2, 0) is 52.2 Å². The van der Waals surface area contributed by atoms with Crippen molar-refractivity contribution in [1.29, 1.82) is 0 Å². The Labute approximate surface area is 323 Å². The summed E-state index contributed by atoms with van der Waals surface area (Å²) in [6.45, 7) is 13.1. The molecule has 1 spiro atoms. The molecule has 0 aromatic heterocycles. The van der Waals surface area contributed by atoms with Crippen LogP contribution in [0.2, 0.25) is 0 Å². The zero-order valence-electron chi connectivity index (χ0n) is 32.2. The molecule has 0 aromatic carbocycles. The summed E-state index contributed by atoms with van der Waals surface area (Å²) in [5.41, 5.74) is 2.14. The average Bonchev–Trinajstić information content (AvgIpc) is 3.74. The first kappa shape index (κ1) is 37.8. The van der Waals surface area contributed by atoms with E-state index in [4.69, 9.17) is 47.4 Å². The third kappa shape index (κ3) is 6.79. The molecule has 11 aliphatic rings. The van der Waals surface area contributed by atoms with Crippen LogP contribution >= 0.6 is 0 Å². The van der Waals surface area contributed by atoms with Crippen LogP contribution in [-0.4, -0.2) is 138 Å². The van der Waals surface area contributed by atoms with E-state index in [1.54, 1.807) is 0 Å². The number of fused-ring (bicyclic) bond motifs is 7. The van der Waals surface area contributed by atoms with Gasteiger partial charge in [0.15, 0.2) is 5.79 Å². The number of ether oxygens (including phenoxy) is 10. The number of carbonyl (C=O) groups is 1. The second kappa shape index (κ2) is 14.7. The highest BCUT2D eigenvalue weighted by atomic mass is 16.8. The van der Waals surface area contributed by atoms with Gasteiger partial charge < -0.3 is 57.6 Å². The van der Waals surface area contributed by atoms with Crippen molar-refractivity contribution in [3.8, 4) is 0 Å². The van der Waals surface area contributed by atoms with Crippen LogP contribution in [0, 0.1) is 11.8 Å². The molecular formula is C42H60O13. The van der Waals surface area contributed by atoms with Gasteiger partial charge in [-0.1, -0.05) is 27.0 Å². The maximum atomic E-state index is 14.0. The van der Waals surface area contributed by atoms with Gasteiger partial charge in [0.1, 0.15) is 36.6 Å². The van der Waals surface area contributed by atoms with E-state index in [0.29, 0.717) is 38.5 Å². The minimum absolute atomic E-state index is 0.00281. The maximum Gasteiger partial charge on any atom is 0.308 e. The zero-order valence-corrected chi connectivity index (χ0v) is 32.2. The topological polar surface area (TPSA) is 150 Å². The van der Waals surface area contributed by atoms with Crippen LogP contribution in [0.25, 0.3) is 0 Å². The SMILES string of the molecule is C=C1C[C@@H]2CC[C@@]34C[C@H]5O[C@H]6[C@@H](O3)[C@H]3O[C@H](CC[C@@H]3O[C@H]6[C@H]5O4)CC(=O)OC3[C@@H](C)C4O[C@H](CCO)[C@H](O)CC4O[C@H]3CC3O[C@@H](CCC1O2)C[C@@H](C)C3=C. The molecule has 11 rings (SSSR count). The second-order valence-corrected chi connectivity index (χ2v) is 18.5. The summed E-state index contributed by atoms with van der Waals surface area (Å²) in [5.74, 6) is -1.18. The smallest absolute Gasteiger partial charge is 0.308 e. The summed E-state index contributed by atoms with van der Waals surface area (Å²) in [5, 5.41) is 20.6. The highest BCUT2D eigenvalue weighted by molar-refractivity contribution is 5.70. The molecule has 13 heteroatoms. The number of hydrogen-bond donors (Lipinski definition) is 2. The monoisotopic (exact) mass is 772 g/mol. The first-order chi connectivity index (χ1) is 26.5. The highest BCUT2D eigenvalue weighted by Gasteiger charge is 2.69. The Morgan fingerprint density at radius 2 is 1.42 bits per heavy atom. The van der Waals surface area contributed by atoms with Crippen LogP contribution in [0.4, 0.5) is 0 Å². The van der Waals surface area contributed by atoms with E-state index in [-0.39, 0.29) is 98.0 Å². The summed E-state index contributed by atoms with van der Waals surface area (Å²) in [4.78, 5) is 14.0. The lowest BCUT2D eigenvalue weighted by atomic mass is 9.79. The van der Waals surface area contributed by atoms with E-state index < -0.39 is 48.5 Å². The van der Waals surface area contributed by atoms with Crippen LogP contribution < -0.4 is 0 Å². The van der Waals surface area contributed by atoms with Gasteiger partial charge in [-0.05, 0) is 68.4 Å². The van der Waals surface area contributed by atoms with Crippen molar-refractivity contribution in [1.82, 2.24) is 0 Å². The van der Waals surface area contributed by atoms with E-state index in [0.717, 1.165) is 49.7 Å². The lowest BCUT2D eigenvalue weighted by molar-refractivity contribution is -0.293. The Morgan fingerprint density at radius 3 is 2.27 bits per heavy atom. The lowest BCUT2D eigenvalue weighted by Gasteiger charge is -2.51. The molecular weight excluding hydrogens is 712 g/mol. The number of aliphatic hydroxyl groups excluding tert-OH is 2. The molecule has 2 N–H and O–H groups in total. The predicted octanol–water partition coefficient (Wildman–Crippen LogP) is 3.59. The fraction of sp³-hybridized carbons (Fsp3) is 0.881. The summed E-state index contributed by atoms with van der Waals surface area (Å²) < 4.78 is 66.9. The normalized spacial score (nSPS) is 54.9. The molecule has 11 saturated heterocycles. The van der Waals surface area contributed by atoms with Crippen LogP contribution in [0.5, 0.6) is 0 Å². The molecule has 0 saturated carbocycles. The highest BCUT2D eigenvalue weighted by Crippen LogP contribution is 2.54. The largest absolute Gasteiger partial charge is 0.459 e. The fourth-order valence-electron chi connectivity index (χ4n) is 11.9. The van der Waals surface area contributed by atoms with Gasteiger partial charge in [0.05, 0.1) is 79.7 Å². The molecule has 306 valence electrons.